The minimum absolute atomic E-state index is 0.00511. The molecule has 9 nitrogen and oxygen atoms in total. The number of benzene rings is 2. The fourth-order valence-corrected chi connectivity index (χ4v) is 4.88. The summed E-state index contributed by atoms with van der Waals surface area (Å²) >= 11 is 0. The van der Waals surface area contributed by atoms with E-state index in [4.69, 9.17) is 5.11 Å². The zero-order chi connectivity index (χ0) is 25.4. The van der Waals surface area contributed by atoms with E-state index in [0.717, 1.165) is 0 Å². The lowest BCUT2D eigenvalue weighted by molar-refractivity contribution is -0.137. The van der Waals surface area contributed by atoms with Gasteiger partial charge in [0, 0.05) is 50.3 Å². The van der Waals surface area contributed by atoms with Crippen molar-refractivity contribution < 1.29 is 23.9 Å². The van der Waals surface area contributed by atoms with Gasteiger partial charge in [-0.1, -0.05) is 24.3 Å². The van der Waals surface area contributed by atoms with Crippen LogP contribution in [0, 0.1) is 17.7 Å². The van der Waals surface area contributed by atoms with Crippen molar-refractivity contribution in [1.82, 2.24) is 20.0 Å². The molecule has 2 fully saturated rings. The number of aliphatic carboxylic acids is 1. The molecular formula is C26H25FN4O5. The summed E-state index contributed by atoms with van der Waals surface area (Å²) in [7, 11) is 0. The number of carbonyl (C=O) groups excluding carboxylic acids is 2. The smallest absolute Gasteiger partial charge is 0.303 e. The molecule has 186 valence electrons. The number of fused-ring (bicyclic) bond motifs is 1. The van der Waals surface area contributed by atoms with Gasteiger partial charge in [-0.25, -0.2) is 9.49 Å². The number of carboxylic acid groups (broad SMARTS) is 1. The maximum atomic E-state index is 14.7. The number of carbonyl (C=O) groups is 3. The van der Waals surface area contributed by atoms with Gasteiger partial charge in [0.25, 0.3) is 11.5 Å². The SMILES string of the molecule is O=C(O)C[C@@H]1C[C@H]1C(=O)N1CCN(C(=O)c2cc(Cc3n[nH]c(=O)c4ccccc34)ccc2F)CC1. The molecule has 1 aliphatic heterocycles. The minimum atomic E-state index is -0.903. The molecule has 0 unspecified atom stereocenters. The second-order valence-corrected chi connectivity index (χ2v) is 9.35. The zero-order valence-electron chi connectivity index (χ0n) is 19.4. The lowest BCUT2D eigenvalue weighted by Gasteiger charge is -2.35. The lowest BCUT2D eigenvalue weighted by atomic mass is 10.0. The van der Waals surface area contributed by atoms with Crippen LogP contribution in [0.2, 0.25) is 0 Å². The molecule has 2 atom stereocenters. The molecule has 1 saturated heterocycles. The number of piperazine rings is 1. The van der Waals surface area contributed by atoms with Crippen LogP contribution in [0.4, 0.5) is 4.39 Å². The van der Waals surface area contributed by atoms with E-state index in [1.54, 1.807) is 29.2 Å². The van der Waals surface area contributed by atoms with E-state index in [1.807, 2.05) is 6.07 Å². The van der Waals surface area contributed by atoms with E-state index in [2.05, 4.69) is 10.2 Å². The number of rotatable bonds is 6. The van der Waals surface area contributed by atoms with E-state index >= 15 is 0 Å². The first kappa shape index (κ1) is 23.7. The molecule has 2 amide bonds. The number of aromatic nitrogens is 2. The molecule has 0 radical (unpaired) electrons. The molecular weight excluding hydrogens is 467 g/mol. The Labute approximate surface area is 205 Å². The highest BCUT2D eigenvalue weighted by Gasteiger charge is 2.46. The highest BCUT2D eigenvalue weighted by Crippen LogP contribution is 2.42. The molecule has 2 heterocycles. The van der Waals surface area contributed by atoms with Gasteiger partial charge in [0.05, 0.1) is 16.6 Å². The third-order valence-electron chi connectivity index (χ3n) is 6.96. The van der Waals surface area contributed by atoms with Gasteiger partial charge in [-0.3, -0.25) is 19.2 Å². The molecule has 2 aromatic carbocycles. The maximum absolute atomic E-state index is 14.7. The molecule has 1 saturated carbocycles. The van der Waals surface area contributed by atoms with Crippen LogP contribution in [0.1, 0.15) is 34.5 Å². The molecule has 5 rings (SSSR count). The van der Waals surface area contributed by atoms with Crippen LogP contribution in [0.5, 0.6) is 0 Å². The van der Waals surface area contributed by atoms with E-state index in [-0.39, 0.29) is 48.4 Å². The summed E-state index contributed by atoms with van der Waals surface area (Å²) in [5.41, 5.74) is 0.950. The Morgan fingerprint density at radius 2 is 1.72 bits per heavy atom. The standard InChI is InChI=1S/C26H25FN4O5/c27-21-6-5-15(12-22-17-3-1-2-4-18(17)24(34)29-28-22)11-20(21)26(36)31-9-7-30(8-10-31)25(35)19-13-16(19)14-23(32)33/h1-6,11,16,19H,7-10,12-14H2,(H,29,34)(H,32,33)/t16-,19+/m0/s1. The molecule has 3 aromatic rings. The first-order chi connectivity index (χ1) is 17.3. The van der Waals surface area contributed by atoms with Gasteiger partial charge >= 0.3 is 5.97 Å². The van der Waals surface area contributed by atoms with E-state index in [1.165, 1.54) is 17.0 Å². The van der Waals surface area contributed by atoms with Crippen molar-refractivity contribution in [3.05, 3.63) is 75.5 Å². The number of amides is 2. The van der Waals surface area contributed by atoms with Crippen LogP contribution in [-0.4, -0.2) is 69.1 Å². The summed E-state index contributed by atoms with van der Waals surface area (Å²) in [5.74, 6) is -2.41. The Kier molecular flexibility index (Phi) is 6.26. The van der Waals surface area contributed by atoms with Gasteiger partial charge in [-0.2, -0.15) is 5.10 Å². The van der Waals surface area contributed by atoms with Crippen molar-refractivity contribution in [3.63, 3.8) is 0 Å². The van der Waals surface area contributed by atoms with Crippen LogP contribution in [0.15, 0.2) is 47.3 Å². The number of aromatic amines is 1. The lowest BCUT2D eigenvalue weighted by Crippen LogP contribution is -2.51. The average molecular weight is 493 g/mol. The molecule has 36 heavy (non-hydrogen) atoms. The normalized spacial score (nSPS) is 19.4. The Balaban J connectivity index is 1.26. The second-order valence-electron chi connectivity index (χ2n) is 9.35. The average Bonchev–Trinajstić information content (AvgIpc) is 3.64. The summed E-state index contributed by atoms with van der Waals surface area (Å²) in [5, 5.41) is 16.7. The third-order valence-corrected chi connectivity index (χ3v) is 6.96. The molecule has 10 heteroatoms. The minimum Gasteiger partial charge on any atom is -0.481 e. The number of nitrogens with zero attached hydrogens (tertiary/aromatic N) is 3. The molecule has 0 bridgehead atoms. The Bertz CT molecular complexity index is 1410. The number of nitrogens with one attached hydrogen (secondary N) is 1. The van der Waals surface area contributed by atoms with Gasteiger partial charge in [0.1, 0.15) is 5.82 Å². The largest absolute Gasteiger partial charge is 0.481 e. The van der Waals surface area contributed by atoms with Crippen molar-refractivity contribution >= 4 is 28.6 Å². The molecule has 0 spiro atoms. The second kappa shape index (κ2) is 9.52. The summed E-state index contributed by atoms with van der Waals surface area (Å²) in [6.07, 6.45) is 0.885. The van der Waals surface area contributed by atoms with E-state index in [9.17, 15) is 23.6 Å². The highest BCUT2D eigenvalue weighted by atomic mass is 19.1. The summed E-state index contributed by atoms with van der Waals surface area (Å²) in [4.78, 5) is 51.9. The number of halogens is 1. The fraction of sp³-hybridized carbons (Fsp3) is 0.346. The van der Waals surface area contributed by atoms with Crippen LogP contribution < -0.4 is 5.56 Å². The number of hydrogen-bond donors (Lipinski definition) is 2. The number of H-pyrrole nitrogens is 1. The molecule has 2 aliphatic rings. The van der Waals surface area contributed by atoms with E-state index in [0.29, 0.717) is 48.0 Å². The highest BCUT2D eigenvalue weighted by molar-refractivity contribution is 5.95. The summed E-state index contributed by atoms with van der Waals surface area (Å²) in [6.45, 7) is 1.21. The predicted molar refractivity (Wildman–Crippen MR) is 128 cm³/mol. The Morgan fingerprint density at radius 3 is 2.44 bits per heavy atom. The Hall–Kier alpha value is -4.08. The maximum Gasteiger partial charge on any atom is 0.303 e. The van der Waals surface area contributed by atoms with Crippen molar-refractivity contribution in [2.75, 3.05) is 26.2 Å². The first-order valence-corrected chi connectivity index (χ1v) is 11.9. The van der Waals surface area contributed by atoms with Crippen molar-refractivity contribution in [1.29, 1.82) is 0 Å². The quantitative estimate of drug-likeness (QED) is 0.543. The zero-order valence-corrected chi connectivity index (χ0v) is 19.4. The molecule has 1 aromatic heterocycles. The van der Waals surface area contributed by atoms with Crippen molar-refractivity contribution in [3.8, 4) is 0 Å². The number of hydrogen-bond acceptors (Lipinski definition) is 5. The van der Waals surface area contributed by atoms with Gasteiger partial charge in [-0.15, -0.1) is 0 Å². The Morgan fingerprint density at radius 1 is 1.03 bits per heavy atom. The fourth-order valence-electron chi connectivity index (χ4n) is 4.88. The first-order valence-electron chi connectivity index (χ1n) is 11.9. The van der Waals surface area contributed by atoms with Gasteiger partial charge in [0.2, 0.25) is 5.91 Å². The molecule has 1 aliphatic carbocycles. The number of carboxylic acids is 1. The van der Waals surface area contributed by atoms with Crippen molar-refractivity contribution in [2.45, 2.75) is 19.3 Å². The van der Waals surface area contributed by atoms with Gasteiger partial charge in [0.15, 0.2) is 0 Å². The predicted octanol–water partition coefficient (Wildman–Crippen LogP) is 2.05. The van der Waals surface area contributed by atoms with Gasteiger partial charge < -0.3 is 14.9 Å². The van der Waals surface area contributed by atoms with Crippen LogP contribution in [0.3, 0.4) is 0 Å². The van der Waals surface area contributed by atoms with Crippen molar-refractivity contribution in [2.24, 2.45) is 11.8 Å². The molecule has 2 N–H and O–H groups in total. The van der Waals surface area contributed by atoms with Crippen LogP contribution >= 0.6 is 0 Å². The topological polar surface area (TPSA) is 124 Å². The van der Waals surface area contributed by atoms with E-state index < -0.39 is 17.7 Å². The summed E-state index contributed by atoms with van der Waals surface area (Å²) < 4.78 is 14.7. The van der Waals surface area contributed by atoms with Crippen LogP contribution in [0.25, 0.3) is 10.8 Å². The summed E-state index contributed by atoms with van der Waals surface area (Å²) in [6, 6.07) is 11.4. The monoisotopic (exact) mass is 492 g/mol. The van der Waals surface area contributed by atoms with Gasteiger partial charge in [-0.05, 0) is 36.1 Å². The third kappa shape index (κ3) is 4.71. The van der Waals surface area contributed by atoms with Crippen LogP contribution in [-0.2, 0) is 16.0 Å².